The maximum Gasteiger partial charge on any atom is 0.0443 e. The van der Waals surface area contributed by atoms with Gasteiger partial charge in [-0.3, -0.25) is 0 Å². The van der Waals surface area contributed by atoms with Crippen LogP contribution in [0.1, 0.15) is 24.4 Å². The van der Waals surface area contributed by atoms with E-state index in [-0.39, 0.29) is 6.61 Å². The standard InChI is InChI=1S/C12H16ClNOS/c13-9-2-3-12-10(8-9)11(4-7-16-12)14-5-1-6-15/h2-3,8,11,14-15H,1,4-7H2. The van der Waals surface area contributed by atoms with Crippen molar-refractivity contribution in [3.8, 4) is 0 Å². The molecule has 0 saturated carbocycles. The number of hydrogen-bond acceptors (Lipinski definition) is 3. The highest BCUT2D eigenvalue weighted by Crippen LogP contribution is 2.37. The van der Waals surface area contributed by atoms with Crippen molar-refractivity contribution in [2.45, 2.75) is 23.8 Å². The van der Waals surface area contributed by atoms with E-state index in [1.165, 1.54) is 10.5 Å². The molecule has 0 aromatic heterocycles. The number of thioether (sulfide) groups is 1. The van der Waals surface area contributed by atoms with Crippen LogP contribution in [0.15, 0.2) is 23.1 Å². The molecule has 1 aromatic rings. The Kier molecular flexibility index (Phi) is 4.53. The topological polar surface area (TPSA) is 32.3 Å². The summed E-state index contributed by atoms with van der Waals surface area (Å²) in [7, 11) is 0. The van der Waals surface area contributed by atoms with E-state index in [0.717, 1.165) is 30.2 Å². The summed E-state index contributed by atoms with van der Waals surface area (Å²) in [6, 6.07) is 6.49. The fourth-order valence-electron chi connectivity index (χ4n) is 1.93. The fraction of sp³-hybridized carbons (Fsp3) is 0.500. The Labute approximate surface area is 105 Å². The van der Waals surface area contributed by atoms with Crippen molar-refractivity contribution in [3.63, 3.8) is 0 Å². The molecule has 2 nitrogen and oxygen atoms in total. The van der Waals surface area contributed by atoms with Crippen LogP contribution in [-0.2, 0) is 0 Å². The first kappa shape index (κ1) is 12.2. The number of aliphatic hydroxyl groups is 1. The SMILES string of the molecule is OCCCNC1CCSc2ccc(Cl)cc21. The summed E-state index contributed by atoms with van der Waals surface area (Å²) in [5.41, 5.74) is 1.31. The van der Waals surface area contributed by atoms with E-state index in [4.69, 9.17) is 16.7 Å². The van der Waals surface area contributed by atoms with Gasteiger partial charge in [0.05, 0.1) is 0 Å². The lowest BCUT2D eigenvalue weighted by Crippen LogP contribution is -2.26. The molecule has 0 spiro atoms. The van der Waals surface area contributed by atoms with Crippen LogP contribution in [0.2, 0.25) is 5.02 Å². The lowest BCUT2D eigenvalue weighted by atomic mass is 10.0. The molecule has 2 rings (SSSR count). The molecule has 1 heterocycles. The Hall–Kier alpha value is -0.220. The third-order valence-electron chi connectivity index (χ3n) is 2.74. The second-order valence-electron chi connectivity index (χ2n) is 3.90. The van der Waals surface area contributed by atoms with Gasteiger partial charge in [0.15, 0.2) is 0 Å². The van der Waals surface area contributed by atoms with Crippen molar-refractivity contribution >= 4 is 23.4 Å². The highest BCUT2D eigenvalue weighted by Gasteiger charge is 2.20. The highest BCUT2D eigenvalue weighted by atomic mass is 35.5. The Morgan fingerprint density at radius 3 is 3.19 bits per heavy atom. The van der Waals surface area contributed by atoms with Crippen LogP contribution >= 0.6 is 23.4 Å². The Bertz CT molecular complexity index is 359. The largest absolute Gasteiger partial charge is 0.396 e. The van der Waals surface area contributed by atoms with Crippen molar-refractivity contribution in [2.75, 3.05) is 18.9 Å². The molecule has 1 unspecified atom stereocenters. The van der Waals surface area contributed by atoms with E-state index >= 15 is 0 Å². The van der Waals surface area contributed by atoms with E-state index in [1.807, 2.05) is 17.8 Å². The summed E-state index contributed by atoms with van der Waals surface area (Å²) in [6.45, 7) is 1.11. The first-order valence-corrected chi connectivity index (χ1v) is 6.94. The number of hydrogen-bond donors (Lipinski definition) is 2. The summed E-state index contributed by atoms with van der Waals surface area (Å²) in [5, 5.41) is 13.0. The molecule has 0 radical (unpaired) electrons. The average molecular weight is 258 g/mol. The lowest BCUT2D eigenvalue weighted by Gasteiger charge is -2.26. The molecule has 1 aliphatic heterocycles. The molecule has 0 amide bonds. The van der Waals surface area contributed by atoms with Gasteiger partial charge in [0, 0.05) is 22.6 Å². The van der Waals surface area contributed by atoms with Gasteiger partial charge in [-0.1, -0.05) is 11.6 Å². The lowest BCUT2D eigenvalue weighted by molar-refractivity contribution is 0.282. The number of rotatable bonds is 4. The van der Waals surface area contributed by atoms with Gasteiger partial charge >= 0.3 is 0 Å². The molecule has 0 fully saturated rings. The minimum Gasteiger partial charge on any atom is -0.396 e. The van der Waals surface area contributed by atoms with Crippen molar-refractivity contribution in [1.82, 2.24) is 5.32 Å². The summed E-state index contributed by atoms with van der Waals surface area (Å²) in [6.07, 6.45) is 1.93. The van der Waals surface area contributed by atoms with Crippen LogP contribution in [0.25, 0.3) is 0 Å². The van der Waals surface area contributed by atoms with Gasteiger partial charge in [0.2, 0.25) is 0 Å². The number of benzene rings is 1. The Morgan fingerprint density at radius 2 is 2.38 bits per heavy atom. The van der Waals surface area contributed by atoms with Crippen LogP contribution in [0.5, 0.6) is 0 Å². The van der Waals surface area contributed by atoms with E-state index in [9.17, 15) is 0 Å². The molecule has 16 heavy (non-hydrogen) atoms. The second kappa shape index (κ2) is 5.92. The number of aliphatic hydroxyl groups excluding tert-OH is 1. The van der Waals surface area contributed by atoms with Crippen molar-refractivity contribution in [3.05, 3.63) is 28.8 Å². The van der Waals surface area contributed by atoms with E-state index in [0.29, 0.717) is 6.04 Å². The molecule has 0 saturated heterocycles. The zero-order valence-electron chi connectivity index (χ0n) is 9.08. The van der Waals surface area contributed by atoms with Gasteiger partial charge in [0.25, 0.3) is 0 Å². The van der Waals surface area contributed by atoms with Gasteiger partial charge in [-0.05, 0) is 48.9 Å². The van der Waals surface area contributed by atoms with E-state index < -0.39 is 0 Å². The predicted octanol–water partition coefficient (Wildman–Crippen LogP) is 2.85. The molecule has 1 aromatic carbocycles. The molecule has 1 atom stereocenters. The number of nitrogens with one attached hydrogen (secondary N) is 1. The average Bonchev–Trinajstić information content (AvgIpc) is 2.30. The third kappa shape index (κ3) is 2.92. The van der Waals surface area contributed by atoms with Crippen molar-refractivity contribution in [2.24, 2.45) is 0 Å². The highest BCUT2D eigenvalue weighted by molar-refractivity contribution is 7.99. The van der Waals surface area contributed by atoms with Crippen LogP contribution < -0.4 is 5.32 Å². The Balaban J connectivity index is 2.09. The van der Waals surface area contributed by atoms with Gasteiger partial charge < -0.3 is 10.4 Å². The summed E-state index contributed by atoms with van der Waals surface area (Å²) >= 11 is 7.92. The smallest absolute Gasteiger partial charge is 0.0443 e. The van der Waals surface area contributed by atoms with Gasteiger partial charge in [-0.15, -0.1) is 11.8 Å². The van der Waals surface area contributed by atoms with E-state index in [2.05, 4.69) is 17.4 Å². The molecule has 4 heteroatoms. The molecular formula is C12H16ClNOS. The van der Waals surface area contributed by atoms with Crippen molar-refractivity contribution in [1.29, 1.82) is 0 Å². The first-order valence-electron chi connectivity index (χ1n) is 5.58. The van der Waals surface area contributed by atoms with Gasteiger partial charge in [-0.25, -0.2) is 0 Å². The molecular weight excluding hydrogens is 242 g/mol. The summed E-state index contributed by atoms with van der Waals surface area (Å²) in [5.74, 6) is 1.14. The molecule has 2 N–H and O–H groups in total. The molecule has 88 valence electrons. The minimum atomic E-state index is 0.247. The monoisotopic (exact) mass is 257 g/mol. The summed E-state index contributed by atoms with van der Waals surface area (Å²) < 4.78 is 0. The summed E-state index contributed by atoms with van der Waals surface area (Å²) in [4.78, 5) is 1.33. The van der Waals surface area contributed by atoms with Crippen LogP contribution in [0.4, 0.5) is 0 Å². The quantitative estimate of drug-likeness (QED) is 0.814. The number of halogens is 1. The second-order valence-corrected chi connectivity index (χ2v) is 5.48. The number of fused-ring (bicyclic) bond motifs is 1. The van der Waals surface area contributed by atoms with Crippen molar-refractivity contribution < 1.29 is 5.11 Å². The van der Waals surface area contributed by atoms with Gasteiger partial charge in [0.1, 0.15) is 0 Å². The zero-order chi connectivity index (χ0) is 11.4. The maximum atomic E-state index is 8.77. The van der Waals surface area contributed by atoms with Crippen LogP contribution in [-0.4, -0.2) is 24.0 Å². The third-order valence-corrected chi connectivity index (χ3v) is 4.09. The van der Waals surface area contributed by atoms with Gasteiger partial charge in [-0.2, -0.15) is 0 Å². The van der Waals surface area contributed by atoms with Crippen LogP contribution in [0, 0.1) is 0 Å². The maximum absolute atomic E-state index is 8.77. The predicted molar refractivity (Wildman–Crippen MR) is 69.2 cm³/mol. The normalized spacial score (nSPS) is 19.5. The molecule has 1 aliphatic rings. The van der Waals surface area contributed by atoms with Crippen LogP contribution in [0.3, 0.4) is 0 Å². The zero-order valence-corrected chi connectivity index (χ0v) is 10.7. The minimum absolute atomic E-state index is 0.247. The Morgan fingerprint density at radius 1 is 1.50 bits per heavy atom. The van der Waals surface area contributed by atoms with E-state index in [1.54, 1.807) is 0 Å². The fourth-order valence-corrected chi connectivity index (χ4v) is 3.22. The molecule has 0 aliphatic carbocycles. The molecule has 0 bridgehead atoms. The first-order chi connectivity index (χ1) is 7.81.